The molecule has 0 aromatic heterocycles. The molecule has 2 rings (SSSR count). The largest absolute Gasteiger partial charge is 0.492 e. The van der Waals surface area contributed by atoms with Gasteiger partial charge in [0.25, 0.3) is 0 Å². The molecule has 0 amide bonds. The minimum absolute atomic E-state index is 0.0674. The van der Waals surface area contributed by atoms with Gasteiger partial charge in [-0.2, -0.15) is 0 Å². The molecule has 1 unspecified atom stereocenters. The van der Waals surface area contributed by atoms with Crippen molar-refractivity contribution in [1.29, 1.82) is 0 Å². The second-order valence-corrected chi connectivity index (χ2v) is 5.93. The summed E-state index contributed by atoms with van der Waals surface area (Å²) in [7, 11) is 0. The Balaban J connectivity index is 2.01. The third kappa shape index (κ3) is 3.03. The summed E-state index contributed by atoms with van der Waals surface area (Å²) in [6.45, 7) is 4.20. The standard InChI is InChI=1S/C13H18BrNO3/c1-13(6-17-7-13)8-18-12-3-2-9(4-10(12)14)11(15)5-16/h2-4,11,16H,5-8,15H2,1H3. The van der Waals surface area contributed by atoms with E-state index in [0.717, 1.165) is 29.0 Å². The molecule has 0 radical (unpaired) electrons. The van der Waals surface area contributed by atoms with Crippen LogP contribution in [0.4, 0.5) is 0 Å². The fraction of sp³-hybridized carbons (Fsp3) is 0.538. The van der Waals surface area contributed by atoms with Crippen LogP contribution in [0.1, 0.15) is 18.5 Å². The molecule has 3 N–H and O–H groups in total. The summed E-state index contributed by atoms with van der Waals surface area (Å²) in [5.41, 5.74) is 6.77. The first-order chi connectivity index (χ1) is 8.54. The Morgan fingerprint density at radius 1 is 1.56 bits per heavy atom. The van der Waals surface area contributed by atoms with Gasteiger partial charge in [0.15, 0.2) is 0 Å². The Morgan fingerprint density at radius 2 is 2.28 bits per heavy atom. The number of hydrogen-bond donors (Lipinski definition) is 2. The molecule has 18 heavy (non-hydrogen) atoms. The molecule has 5 heteroatoms. The van der Waals surface area contributed by atoms with Crippen LogP contribution in [0.3, 0.4) is 0 Å². The van der Waals surface area contributed by atoms with Crippen LogP contribution in [-0.4, -0.2) is 31.5 Å². The topological polar surface area (TPSA) is 64.7 Å². The highest BCUT2D eigenvalue weighted by atomic mass is 79.9. The maximum atomic E-state index is 9.01. The van der Waals surface area contributed by atoms with Gasteiger partial charge in [-0.25, -0.2) is 0 Å². The molecule has 1 atom stereocenters. The van der Waals surface area contributed by atoms with E-state index < -0.39 is 0 Å². The van der Waals surface area contributed by atoms with Crippen molar-refractivity contribution in [2.24, 2.45) is 11.1 Å². The van der Waals surface area contributed by atoms with Crippen molar-refractivity contribution in [2.45, 2.75) is 13.0 Å². The van der Waals surface area contributed by atoms with Gasteiger partial charge in [-0.1, -0.05) is 13.0 Å². The van der Waals surface area contributed by atoms with Crippen LogP contribution in [0.15, 0.2) is 22.7 Å². The number of aliphatic hydroxyl groups is 1. The second kappa shape index (κ2) is 5.57. The molecule has 1 heterocycles. The first kappa shape index (κ1) is 13.8. The van der Waals surface area contributed by atoms with Crippen LogP contribution < -0.4 is 10.5 Å². The number of ether oxygens (including phenoxy) is 2. The first-order valence-electron chi connectivity index (χ1n) is 5.90. The van der Waals surface area contributed by atoms with Crippen LogP contribution in [0.25, 0.3) is 0 Å². The fourth-order valence-electron chi connectivity index (χ4n) is 1.76. The summed E-state index contributed by atoms with van der Waals surface area (Å²) < 4.78 is 11.8. The molecule has 1 aliphatic rings. The lowest BCUT2D eigenvalue weighted by Crippen LogP contribution is -2.44. The van der Waals surface area contributed by atoms with Gasteiger partial charge >= 0.3 is 0 Å². The zero-order chi connectivity index (χ0) is 13.2. The molecule has 100 valence electrons. The summed E-state index contributed by atoms with van der Waals surface area (Å²) in [5, 5.41) is 9.01. The van der Waals surface area contributed by atoms with Crippen LogP contribution in [-0.2, 0) is 4.74 Å². The normalized spacial score (nSPS) is 19.1. The Kier molecular flexibility index (Phi) is 4.27. The van der Waals surface area contributed by atoms with Crippen molar-refractivity contribution in [3.63, 3.8) is 0 Å². The Labute approximate surface area is 115 Å². The maximum absolute atomic E-state index is 9.01. The lowest BCUT2D eigenvalue weighted by Gasteiger charge is -2.37. The monoisotopic (exact) mass is 315 g/mol. The number of halogens is 1. The minimum Gasteiger partial charge on any atom is -0.492 e. The van der Waals surface area contributed by atoms with Gasteiger partial charge in [-0.15, -0.1) is 0 Å². The quantitative estimate of drug-likeness (QED) is 0.870. The molecule has 0 saturated carbocycles. The summed E-state index contributed by atoms with van der Waals surface area (Å²) >= 11 is 3.46. The second-order valence-electron chi connectivity index (χ2n) is 5.07. The summed E-state index contributed by atoms with van der Waals surface area (Å²) in [4.78, 5) is 0. The third-order valence-corrected chi connectivity index (χ3v) is 3.68. The van der Waals surface area contributed by atoms with E-state index >= 15 is 0 Å². The van der Waals surface area contributed by atoms with Gasteiger partial charge in [0.05, 0.1) is 36.9 Å². The van der Waals surface area contributed by atoms with Gasteiger partial charge in [0.1, 0.15) is 5.75 Å². The van der Waals surface area contributed by atoms with Crippen molar-refractivity contribution in [1.82, 2.24) is 0 Å². The van der Waals surface area contributed by atoms with Gasteiger partial charge in [0, 0.05) is 5.41 Å². The fourth-order valence-corrected chi connectivity index (χ4v) is 2.27. The molecule has 1 aliphatic heterocycles. The van der Waals surface area contributed by atoms with Crippen molar-refractivity contribution in [2.75, 3.05) is 26.4 Å². The van der Waals surface area contributed by atoms with E-state index in [0.29, 0.717) is 6.61 Å². The zero-order valence-corrected chi connectivity index (χ0v) is 11.9. The average Bonchev–Trinajstić information content (AvgIpc) is 2.34. The van der Waals surface area contributed by atoms with Gasteiger partial charge in [-0.3, -0.25) is 0 Å². The summed E-state index contributed by atoms with van der Waals surface area (Å²) in [6.07, 6.45) is 0. The highest BCUT2D eigenvalue weighted by molar-refractivity contribution is 9.10. The van der Waals surface area contributed by atoms with E-state index in [9.17, 15) is 0 Å². The molecular formula is C13H18BrNO3. The summed E-state index contributed by atoms with van der Waals surface area (Å²) in [6, 6.07) is 5.28. The number of rotatable bonds is 5. The molecule has 0 bridgehead atoms. The van der Waals surface area contributed by atoms with E-state index in [1.54, 1.807) is 0 Å². The molecule has 1 saturated heterocycles. The average molecular weight is 316 g/mol. The van der Waals surface area contributed by atoms with E-state index in [1.165, 1.54) is 0 Å². The molecular weight excluding hydrogens is 298 g/mol. The molecule has 1 aromatic carbocycles. The van der Waals surface area contributed by atoms with Gasteiger partial charge < -0.3 is 20.3 Å². The van der Waals surface area contributed by atoms with Crippen molar-refractivity contribution in [3.05, 3.63) is 28.2 Å². The molecule has 1 fully saturated rings. The number of hydrogen-bond acceptors (Lipinski definition) is 4. The van der Waals surface area contributed by atoms with Crippen LogP contribution in [0.5, 0.6) is 5.75 Å². The van der Waals surface area contributed by atoms with E-state index in [1.807, 2.05) is 18.2 Å². The number of nitrogens with two attached hydrogens (primary N) is 1. The van der Waals surface area contributed by atoms with Crippen LogP contribution >= 0.6 is 15.9 Å². The van der Waals surface area contributed by atoms with E-state index in [2.05, 4.69) is 22.9 Å². The zero-order valence-electron chi connectivity index (χ0n) is 10.4. The lowest BCUT2D eigenvalue weighted by molar-refractivity contribution is -0.120. The molecule has 0 aliphatic carbocycles. The minimum atomic E-state index is -0.354. The third-order valence-electron chi connectivity index (χ3n) is 3.06. The molecule has 4 nitrogen and oxygen atoms in total. The first-order valence-corrected chi connectivity index (χ1v) is 6.70. The molecule has 1 aromatic rings. The predicted molar refractivity (Wildman–Crippen MR) is 72.6 cm³/mol. The smallest absolute Gasteiger partial charge is 0.133 e. The van der Waals surface area contributed by atoms with Crippen molar-refractivity contribution in [3.8, 4) is 5.75 Å². The van der Waals surface area contributed by atoms with E-state index in [4.69, 9.17) is 20.3 Å². The maximum Gasteiger partial charge on any atom is 0.133 e. The van der Waals surface area contributed by atoms with Gasteiger partial charge in [-0.05, 0) is 33.6 Å². The summed E-state index contributed by atoms with van der Waals surface area (Å²) in [5.74, 6) is 0.789. The highest BCUT2D eigenvalue weighted by Gasteiger charge is 2.34. The van der Waals surface area contributed by atoms with Gasteiger partial charge in [0.2, 0.25) is 0 Å². The van der Waals surface area contributed by atoms with Crippen LogP contribution in [0.2, 0.25) is 0 Å². The molecule has 0 spiro atoms. The predicted octanol–water partition coefficient (Wildman–Crippen LogP) is 1.86. The lowest BCUT2D eigenvalue weighted by atomic mass is 9.90. The highest BCUT2D eigenvalue weighted by Crippen LogP contribution is 2.31. The Morgan fingerprint density at radius 3 is 2.78 bits per heavy atom. The Bertz CT molecular complexity index is 421. The number of aliphatic hydroxyl groups excluding tert-OH is 1. The Hall–Kier alpha value is -0.620. The SMILES string of the molecule is CC1(COc2ccc(C(N)CO)cc2Br)COC1. The van der Waals surface area contributed by atoms with Crippen molar-refractivity contribution < 1.29 is 14.6 Å². The van der Waals surface area contributed by atoms with Crippen molar-refractivity contribution >= 4 is 15.9 Å². The number of benzene rings is 1. The van der Waals surface area contributed by atoms with E-state index in [-0.39, 0.29) is 18.1 Å². The van der Waals surface area contributed by atoms with Crippen LogP contribution in [0, 0.1) is 5.41 Å².